The van der Waals surface area contributed by atoms with E-state index in [1.165, 1.54) is 0 Å². The standard InChI is InChI=1S/C18H18Cl2N4O/c1-23-15(12-5-3-2-4-6-12)10-17(25)24-16(21)9-11-7-13(19)18(22)14(20)8-11/h2-8H,9-10,22H2,1H3,(H2,21,24,25). The number of nitrogens with zero attached hydrogens (tertiary/aromatic N) is 1. The molecule has 130 valence electrons. The fourth-order valence-electron chi connectivity index (χ4n) is 2.29. The minimum absolute atomic E-state index is 0.0467. The van der Waals surface area contributed by atoms with Gasteiger partial charge in [-0.2, -0.15) is 0 Å². The lowest BCUT2D eigenvalue weighted by atomic mass is 10.1. The van der Waals surface area contributed by atoms with Crippen molar-refractivity contribution >= 4 is 46.3 Å². The molecule has 0 saturated carbocycles. The van der Waals surface area contributed by atoms with Gasteiger partial charge in [0.25, 0.3) is 0 Å². The van der Waals surface area contributed by atoms with Gasteiger partial charge in [-0.3, -0.25) is 15.2 Å². The molecule has 0 fully saturated rings. The molecule has 1 amide bonds. The van der Waals surface area contributed by atoms with Crippen LogP contribution in [0.1, 0.15) is 17.5 Å². The number of hydrogen-bond donors (Lipinski definition) is 3. The summed E-state index contributed by atoms with van der Waals surface area (Å²) in [5, 5.41) is 11.2. The Bertz CT molecular complexity index is 796. The fourth-order valence-corrected chi connectivity index (χ4v) is 2.82. The predicted molar refractivity (Wildman–Crippen MR) is 104 cm³/mol. The van der Waals surface area contributed by atoms with Crippen LogP contribution >= 0.6 is 23.2 Å². The van der Waals surface area contributed by atoms with E-state index in [0.717, 1.165) is 5.56 Å². The highest BCUT2D eigenvalue weighted by Gasteiger charge is 2.12. The molecule has 0 aliphatic rings. The number of carbonyl (C=O) groups is 1. The summed E-state index contributed by atoms with van der Waals surface area (Å²) in [5.74, 6) is -0.257. The summed E-state index contributed by atoms with van der Waals surface area (Å²) < 4.78 is 0. The Hall–Kier alpha value is -2.37. The van der Waals surface area contributed by atoms with Crippen LogP contribution in [-0.4, -0.2) is 24.5 Å². The number of carbonyl (C=O) groups excluding carboxylic acids is 1. The van der Waals surface area contributed by atoms with Gasteiger partial charge in [0.05, 0.1) is 27.9 Å². The SMILES string of the molecule is CN=C(CC(=O)NC(=N)Cc1cc(Cl)c(N)c(Cl)c1)c1ccccc1. The van der Waals surface area contributed by atoms with Gasteiger partial charge in [0.1, 0.15) is 5.84 Å². The fraction of sp³-hybridized carbons (Fsp3) is 0.167. The largest absolute Gasteiger partial charge is 0.396 e. The van der Waals surface area contributed by atoms with Crippen LogP contribution in [0, 0.1) is 5.41 Å². The maximum Gasteiger partial charge on any atom is 0.231 e. The van der Waals surface area contributed by atoms with Crippen LogP contribution in [0.3, 0.4) is 0 Å². The summed E-state index contributed by atoms with van der Waals surface area (Å²) in [7, 11) is 1.64. The molecule has 7 heteroatoms. The molecule has 0 unspecified atom stereocenters. The summed E-state index contributed by atoms with van der Waals surface area (Å²) in [4.78, 5) is 16.3. The molecule has 2 aromatic rings. The molecule has 2 rings (SSSR count). The maximum absolute atomic E-state index is 12.2. The highest BCUT2D eigenvalue weighted by atomic mass is 35.5. The quantitative estimate of drug-likeness (QED) is 0.421. The van der Waals surface area contributed by atoms with E-state index in [0.29, 0.717) is 27.0 Å². The summed E-state index contributed by atoms with van der Waals surface area (Å²) in [6, 6.07) is 12.7. The Balaban J connectivity index is 1.97. The number of benzene rings is 2. The zero-order valence-corrected chi connectivity index (χ0v) is 15.2. The van der Waals surface area contributed by atoms with Crippen molar-refractivity contribution in [3.8, 4) is 0 Å². The van der Waals surface area contributed by atoms with Crippen molar-refractivity contribution in [2.75, 3.05) is 12.8 Å². The molecule has 5 nitrogen and oxygen atoms in total. The minimum Gasteiger partial charge on any atom is -0.396 e. The van der Waals surface area contributed by atoms with Crippen molar-refractivity contribution in [2.24, 2.45) is 4.99 Å². The number of amides is 1. The average Bonchev–Trinajstić information content (AvgIpc) is 2.58. The number of halogens is 2. The number of aliphatic imine (C=N–C) groups is 1. The Kier molecular flexibility index (Phi) is 6.56. The van der Waals surface area contributed by atoms with Crippen LogP contribution < -0.4 is 11.1 Å². The van der Waals surface area contributed by atoms with E-state index in [2.05, 4.69) is 10.3 Å². The van der Waals surface area contributed by atoms with Gasteiger partial charge in [-0.25, -0.2) is 0 Å². The number of nitrogens with one attached hydrogen (secondary N) is 2. The summed E-state index contributed by atoms with van der Waals surface area (Å²) in [6.45, 7) is 0. The third kappa shape index (κ3) is 5.31. The second-order valence-corrected chi connectivity index (χ2v) is 6.20. The van der Waals surface area contributed by atoms with Crippen LogP contribution in [0.5, 0.6) is 0 Å². The smallest absolute Gasteiger partial charge is 0.231 e. The van der Waals surface area contributed by atoms with Crippen LogP contribution in [-0.2, 0) is 11.2 Å². The second-order valence-electron chi connectivity index (χ2n) is 5.39. The molecular weight excluding hydrogens is 359 g/mol. The van der Waals surface area contributed by atoms with Gasteiger partial charge in [0.2, 0.25) is 5.91 Å². The van der Waals surface area contributed by atoms with Crippen molar-refractivity contribution in [3.63, 3.8) is 0 Å². The molecule has 0 heterocycles. The number of amidine groups is 1. The molecule has 2 aromatic carbocycles. The van der Waals surface area contributed by atoms with Crippen molar-refractivity contribution in [1.29, 1.82) is 5.41 Å². The van der Waals surface area contributed by atoms with E-state index in [1.807, 2.05) is 30.3 Å². The third-order valence-corrected chi connectivity index (χ3v) is 4.14. The summed E-state index contributed by atoms with van der Waals surface area (Å²) >= 11 is 12.0. The van der Waals surface area contributed by atoms with Gasteiger partial charge in [-0.15, -0.1) is 0 Å². The average molecular weight is 377 g/mol. The third-order valence-electron chi connectivity index (χ3n) is 3.51. The van der Waals surface area contributed by atoms with Crippen LogP contribution in [0.4, 0.5) is 5.69 Å². The lowest BCUT2D eigenvalue weighted by Gasteiger charge is -2.10. The van der Waals surface area contributed by atoms with Crippen molar-refractivity contribution in [3.05, 3.63) is 63.6 Å². The Morgan fingerprint density at radius 3 is 2.36 bits per heavy atom. The molecule has 0 saturated heterocycles. The zero-order chi connectivity index (χ0) is 18.4. The molecule has 0 bridgehead atoms. The highest BCUT2D eigenvalue weighted by molar-refractivity contribution is 6.39. The monoisotopic (exact) mass is 376 g/mol. The molecule has 0 radical (unpaired) electrons. The molecule has 0 aliphatic carbocycles. The van der Waals surface area contributed by atoms with Gasteiger partial charge in [-0.05, 0) is 23.3 Å². The van der Waals surface area contributed by atoms with Crippen molar-refractivity contribution < 1.29 is 4.79 Å². The highest BCUT2D eigenvalue weighted by Crippen LogP contribution is 2.28. The normalized spacial score (nSPS) is 11.2. The Morgan fingerprint density at radius 2 is 1.80 bits per heavy atom. The van der Waals surface area contributed by atoms with E-state index in [-0.39, 0.29) is 24.6 Å². The molecule has 0 spiro atoms. The molecule has 0 atom stereocenters. The van der Waals surface area contributed by atoms with Gasteiger partial charge < -0.3 is 11.1 Å². The molecule has 25 heavy (non-hydrogen) atoms. The first kappa shape index (κ1) is 19.0. The van der Waals surface area contributed by atoms with Gasteiger partial charge in [-0.1, -0.05) is 53.5 Å². The lowest BCUT2D eigenvalue weighted by molar-refractivity contribution is -0.118. The van der Waals surface area contributed by atoms with Crippen LogP contribution in [0.2, 0.25) is 10.0 Å². The zero-order valence-electron chi connectivity index (χ0n) is 13.6. The number of rotatable bonds is 5. The first-order valence-electron chi connectivity index (χ1n) is 7.52. The minimum atomic E-state index is -0.304. The van der Waals surface area contributed by atoms with E-state index in [1.54, 1.807) is 19.2 Å². The van der Waals surface area contributed by atoms with Crippen molar-refractivity contribution in [1.82, 2.24) is 5.32 Å². The van der Waals surface area contributed by atoms with Crippen LogP contribution in [0.25, 0.3) is 0 Å². The number of hydrogen-bond acceptors (Lipinski definition) is 4. The van der Waals surface area contributed by atoms with E-state index in [4.69, 9.17) is 34.3 Å². The number of anilines is 1. The van der Waals surface area contributed by atoms with Crippen molar-refractivity contribution in [2.45, 2.75) is 12.8 Å². The maximum atomic E-state index is 12.2. The van der Waals surface area contributed by atoms with E-state index < -0.39 is 0 Å². The molecule has 0 aliphatic heterocycles. The van der Waals surface area contributed by atoms with E-state index >= 15 is 0 Å². The Labute approximate surface area is 156 Å². The Morgan fingerprint density at radius 1 is 1.20 bits per heavy atom. The lowest BCUT2D eigenvalue weighted by Crippen LogP contribution is -2.32. The molecule has 0 aromatic heterocycles. The van der Waals surface area contributed by atoms with Gasteiger partial charge in [0.15, 0.2) is 0 Å². The van der Waals surface area contributed by atoms with E-state index in [9.17, 15) is 4.79 Å². The van der Waals surface area contributed by atoms with Gasteiger partial charge in [0, 0.05) is 13.5 Å². The second kappa shape index (κ2) is 8.65. The number of nitrogens with two attached hydrogens (primary N) is 1. The van der Waals surface area contributed by atoms with Gasteiger partial charge >= 0.3 is 0 Å². The topological polar surface area (TPSA) is 91.3 Å². The summed E-state index contributed by atoms with van der Waals surface area (Å²) in [6.07, 6.45) is 0.279. The first-order chi connectivity index (χ1) is 11.9. The molecular formula is C18H18Cl2N4O. The van der Waals surface area contributed by atoms with Crippen LogP contribution in [0.15, 0.2) is 47.5 Å². The predicted octanol–water partition coefficient (Wildman–Crippen LogP) is 3.72. The summed E-state index contributed by atoms with van der Waals surface area (Å²) in [5.41, 5.74) is 8.22. The molecule has 4 N–H and O–H groups in total. The number of nitrogen functional groups attached to an aromatic ring is 1. The first-order valence-corrected chi connectivity index (χ1v) is 8.28.